The van der Waals surface area contributed by atoms with Gasteiger partial charge in [0.25, 0.3) is 5.91 Å². The Morgan fingerprint density at radius 3 is 2.72 bits per heavy atom. The van der Waals surface area contributed by atoms with Gasteiger partial charge >= 0.3 is 0 Å². The first kappa shape index (κ1) is 19.2. The summed E-state index contributed by atoms with van der Waals surface area (Å²) in [5.74, 6) is 0.482. The number of amides is 1. The zero-order chi connectivity index (χ0) is 20.4. The molecular weight excluding hydrogens is 410 g/mol. The summed E-state index contributed by atoms with van der Waals surface area (Å²) in [4.78, 5) is 17.4. The maximum Gasteiger partial charge on any atom is 0.282 e. The van der Waals surface area contributed by atoms with Gasteiger partial charge in [0.05, 0.1) is 24.2 Å². The largest absolute Gasteiger partial charge is 0.497 e. The van der Waals surface area contributed by atoms with Crippen LogP contribution in [-0.4, -0.2) is 29.8 Å². The van der Waals surface area contributed by atoms with Crippen molar-refractivity contribution in [1.82, 2.24) is 4.98 Å². The van der Waals surface area contributed by atoms with E-state index in [0.717, 1.165) is 17.0 Å². The summed E-state index contributed by atoms with van der Waals surface area (Å²) in [5.41, 5.74) is 2.82. The van der Waals surface area contributed by atoms with Gasteiger partial charge in [0, 0.05) is 16.0 Å². The van der Waals surface area contributed by atoms with E-state index < -0.39 is 6.04 Å². The molecule has 0 N–H and O–H groups in total. The molecule has 0 bridgehead atoms. The van der Waals surface area contributed by atoms with Crippen molar-refractivity contribution in [2.75, 3.05) is 12.1 Å². The Bertz CT molecular complexity index is 1110. The number of halogens is 1. The Balaban J connectivity index is 1.53. The van der Waals surface area contributed by atoms with Gasteiger partial charge in [-0.3, -0.25) is 4.79 Å². The summed E-state index contributed by atoms with van der Waals surface area (Å²) in [6, 6.07) is 13.8. The molecule has 1 amide bonds. The summed E-state index contributed by atoms with van der Waals surface area (Å²) in [6.45, 7) is 1.75. The van der Waals surface area contributed by atoms with Crippen molar-refractivity contribution < 1.29 is 9.53 Å². The molecule has 0 spiro atoms. The van der Waals surface area contributed by atoms with E-state index in [9.17, 15) is 4.79 Å². The van der Waals surface area contributed by atoms with E-state index in [1.165, 1.54) is 16.3 Å². The van der Waals surface area contributed by atoms with Crippen LogP contribution in [-0.2, 0) is 4.79 Å². The number of benzene rings is 2. The van der Waals surface area contributed by atoms with Crippen molar-refractivity contribution in [2.45, 2.75) is 13.0 Å². The lowest BCUT2D eigenvalue weighted by Crippen LogP contribution is -2.29. The predicted octanol–water partition coefficient (Wildman–Crippen LogP) is 5.35. The molecule has 3 aromatic rings. The van der Waals surface area contributed by atoms with Crippen molar-refractivity contribution in [3.8, 4) is 17.0 Å². The molecule has 1 aliphatic heterocycles. The van der Waals surface area contributed by atoms with Crippen LogP contribution in [0.4, 0.5) is 10.8 Å². The average molecular weight is 426 g/mol. The van der Waals surface area contributed by atoms with Crippen molar-refractivity contribution in [3.05, 3.63) is 58.9 Å². The molecule has 1 atom stereocenters. The minimum atomic E-state index is -0.776. The molecule has 0 unspecified atom stereocenters. The smallest absolute Gasteiger partial charge is 0.282 e. The minimum absolute atomic E-state index is 0.288. The lowest BCUT2D eigenvalue weighted by atomic mass is 10.2. The van der Waals surface area contributed by atoms with Gasteiger partial charge < -0.3 is 4.74 Å². The van der Waals surface area contributed by atoms with E-state index in [1.807, 2.05) is 29.6 Å². The highest BCUT2D eigenvalue weighted by Gasteiger charge is 2.36. The molecule has 0 fully saturated rings. The first-order chi connectivity index (χ1) is 14.0. The summed E-state index contributed by atoms with van der Waals surface area (Å²) in [5, 5.41) is 16.8. The van der Waals surface area contributed by atoms with Gasteiger partial charge in [0.1, 0.15) is 5.75 Å². The van der Waals surface area contributed by atoms with Crippen molar-refractivity contribution in [1.29, 1.82) is 0 Å². The number of carbonyl (C=O) groups is 1. The summed E-state index contributed by atoms with van der Waals surface area (Å²) in [6.07, 6.45) is 0. The van der Waals surface area contributed by atoms with Crippen LogP contribution >= 0.6 is 22.9 Å². The highest BCUT2D eigenvalue weighted by molar-refractivity contribution is 7.14. The highest BCUT2D eigenvalue weighted by Crippen LogP contribution is 2.31. The van der Waals surface area contributed by atoms with Gasteiger partial charge in [-0.1, -0.05) is 17.7 Å². The molecule has 0 saturated heterocycles. The third-order valence-electron chi connectivity index (χ3n) is 4.25. The number of aromatic nitrogens is 1. The fourth-order valence-corrected chi connectivity index (χ4v) is 3.72. The van der Waals surface area contributed by atoms with Crippen LogP contribution in [0.15, 0.2) is 69.2 Å². The molecule has 9 heteroatoms. The number of methoxy groups -OCH3 is 1. The SMILES string of the molecule is COc1ccc(-c2csc(N3N=C(C)[C@@H](N=Nc4cccc(Cl)c4)C3=O)n2)cc1. The van der Waals surface area contributed by atoms with E-state index >= 15 is 0 Å². The third kappa shape index (κ3) is 4.03. The van der Waals surface area contributed by atoms with E-state index in [-0.39, 0.29) is 5.91 Å². The monoisotopic (exact) mass is 425 g/mol. The van der Waals surface area contributed by atoms with Crippen LogP contribution in [0, 0.1) is 0 Å². The van der Waals surface area contributed by atoms with Crippen molar-refractivity contribution in [3.63, 3.8) is 0 Å². The highest BCUT2D eigenvalue weighted by atomic mass is 35.5. The molecule has 29 heavy (non-hydrogen) atoms. The Hall–Kier alpha value is -3.10. The Kier molecular flexibility index (Phi) is 5.37. The van der Waals surface area contributed by atoms with Gasteiger partial charge in [-0.05, 0) is 49.4 Å². The number of ether oxygens (including phenoxy) is 1. The maximum atomic E-state index is 12.8. The van der Waals surface area contributed by atoms with Gasteiger partial charge in [-0.2, -0.15) is 20.3 Å². The average Bonchev–Trinajstić information content (AvgIpc) is 3.32. The van der Waals surface area contributed by atoms with E-state index in [0.29, 0.717) is 21.6 Å². The second-order valence-electron chi connectivity index (χ2n) is 6.23. The van der Waals surface area contributed by atoms with Crippen LogP contribution in [0.1, 0.15) is 6.92 Å². The second-order valence-corrected chi connectivity index (χ2v) is 7.51. The second kappa shape index (κ2) is 8.10. The van der Waals surface area contributed by atoms with Gasteiger partial charge in [0.2, 0.25) is 5.13 Å². The number of anilines is 1. The van der Waals surface area contributed by atoms with Gasteiger partial charge in [-0.15, -0.1) is 11.3 Å². The Morgan fingerprint density at radius 2 is 2.00 bits per heavy atom. The number of hydrogen-bond acceptors (Lipinski definition) is 7. The van der Waals surface area contributed by atoms with E-state index in [1.54, 1.807) is 38.3 Å². The minimum Gasteiger partial charge on any atom is -0.497 e. The topological polar surface area (TPSA) is 79.5 Å². The number of azo groups is 1. The zero-order valence-corrected chi connectivity index (χ0v) is 17.2. The van der Waals surface area contributed by atoms with Crippen LogP contribution in [0.3, 0.4) is 0 Å². The van der Waals surface area contributed by atoms with Crippen molar-refractivity contribution in [2.24, 2.45) is 15.3 Å². The summed E-state index contributed by atoms with van der Waals surface area (Å²) >= 11 is 7.30. The number of hydrogen-bond donors (Lipinski definition) is 0. The van der Waals surface area contributed by atoms with Crippen molar-refractivity contribution >= 4 is 45.4 Å². The molecular formula is C20H16ClN5O2S. The zero-order valence-electron chi connectivity index (χ0n) is 15.6. The summed E-state index contributed by atoms with van der Waals surface area (Å²) in [7, 11) is 1.62. The predicted molar refractivity (Wildman–Crippen MR) is 114 cm³/mol. The molecule has 4 rings (SSSR count). The molecule has 0 radical (unpaired) electrons. The molecule has 2 heterocycles. The van der Waals surface area contributed by atoms with E-state index in [4.69, 9.17) is 16.3 Å². The molecule has 0 saturated carbocycles. The molecule has 0 aliphatic carbocycles. The first-order valence-corrected chi connectivity index (χ1v) is 9.96. The normalized spacial score (nSPS) is 16.5. The van der Waals surface area contributed by atoms with Crippen LogP contribution in [0.5, 0.6) is 5.75 Å². The fraction of sp³-hybridized carbons (Fsp3) is 0.150. The number of rotatable bonds is 5. The first-order valence-electron chi connectivity index (χ1n) is 8.70. The fourth-order valence-electron chi connectivity index (χ4n) is 2.74. The van der Waals surface area contributed by atoms with Crippen LogP contribution in [0.25, 0.3) is 11.3 Å². The Morgan fingerprint density at radius 1 is 1.21 bits per heavy atom. The maximum absolute atomic E-state index is 12.8. The number of hydrazone groups is 1. The number of nitrogens with zero attached hydrogens (tertiary/aromatic N) is 5. The molecule has 146 valence electrons. The van der Waals surface area contributed by atoms with Gasteiger partial charge in [-0.25, -0.2) is 4.98 Å². The summed E-state index contributed by atoms with van der Waals surface area (Å²) < 4.78 is 5.18. The molecule has 1 aromatic heterocycles. The molecule has 2 aromatic carbocycles. The van der Waals surface area contributed by atoms with Gasteiger partial charge in [0.15, 0.2) is 6.04 Å². The standard InChI is InChI=1S/C20H16ClN5O2S/c1-12-18(24-23-15-5-3-4-14(21)10-15)19(27)26(25-12)20-22-17(11-29-20)13-6-8-16(28-2)9-7-13/h3-11,18H,1-2H3/t18-/m1/s1. The lowest BCUT2D eigenvalue weighted by Gasteiger charge is -2.08. The quantitative estimate of drug-likeness (QED) is 0.517. The van der Waals surface area contributed by atoms with E-state index in [2.05, 4.69) is 20.3 Å². The Labute approximate surface area is 176 Å². The number of thiazole rings is 1. The molecule has 7 nitrogen and oxygen atoms in total. The lowest BCUT2D eigenvalue weighted by molar-refractivity contribution is -0.117. The molecule has 1 aliphatic rings. The number of carbonyl (C=O) groups excluding carboxylic acids is 1. The van der Waals surface area contributed by atoms with Crippen LogP contribution < -0.4 is 9.75 Å². The van der Waals surface area contributed by atoms with Crippen LogP contribution in [0.2, 0.25) is 5.02 Å². The third-order valence-corrected chi connectivity index (χ3v) is 5.30.